The summed E-state index contributed by atoms with van der Waals surface area (Å²) in [5.41, 5.74) is 1.84. The van der Waals surface area contributed by atoms with Crippen molar-refractivity contribution in [2.24, 2.45) is 0 Å². The van der Waals surface area contributed by atoms with E-state index in [1.807, 2.05) is 31.2 Å². The smallest absolute Gasteiger partial charge is 0.415 e. The molecule has 39 heavy (non-hydrogen) atoms. The third-order valence-corrected chi connectivity index (χ3v) is 8.24. The van der Waals surface area contributed by atoms with Gasteiger partial charge in [-0.05, 0) is 73.2 Å². The molecule has 0 saturated carbocycles. The molecule has 0 spiro atoms. The number of fused-ring (bicyclic) bond motifs is 1. The van der Waals surface area contributed by atoms with Crippen LogP contribution < -0.4 is 19.3 Å². The Morgan fingerprint density at radius 2 is 1.62 bits per heavy atom. The highest BCUT2D eigenvalue weighted by atomic mass is 35.5. The Balaban J connectivity index is 0.953. The average molecular weight is 553 g/mol. The first kappa shape index (κ1) is 25.8. The van der Waals surface area contributed by atoms with Gasteiger partial charge >= 0.3 is 11.8 Å². The Kier molecular flexibility index (Phi) is 6.99. The van der Waals surface area contributed by atoms with Crippen LogP contribution in [0.3, 0.4) is 0 Å². The van der Waals surface area contributed by atoms with Crippen molar-refractivity contribution >= 4 is 28.8 Å². The molecule has 0 radical (unpaired) electrons. The number of aromatic nitrogens is 2. The molecule has 206 valence electrons. The number of nitrogens with zero attached hydrogens (tertiary/aromatic N) is 6. The Morgan fingerprint density at radius 1 is 1.00 bits per heavy atom. The van der Waals surface area contributed by atoms with Gasteiger partial charge in [0.1, 0.15) is 18.6 Å². The maximum atomic E-state index is 10.9. The second-order valence-electron chi connectivity index (χ2n) is 10.8. The van der Waals surface area contributed by atoms with Crippen LogP contribution in [0.25, 0.3) is 0 Å². The van der Waals surface area contributed by atoms with Gasteiger partial charge in [0.25, 0.3) is 0 Å². The number of hydrogen-bond donors (Lipinski definition) is 0. The number of rotatable bonds is 7. The normalized spacial score (nSPS) is 22.0. The summed E-state index contributed by atoms with van der Waals surface area (Å²) in [5, 5.41) is 11.7. The minimum atomic E-state index is -0.627. The zero-order chi connectivity index (χ0) is 27.0. The van der Waals surface area contributed by atoms with Crippen molar-refractivity contribution in [1.82, 2.24) is 14.5 Å². The molecule has 6 rings (SSSR count). The molecule has 0 bridgehead atoms. The molecule has 11 heteroatoms. The number of hydrogen-bond acceptors (Lipinski definition) is 8. The third-order valence-electron chi connectivity index (χ3n) is 7.99. The SMILES string of the molecule is CC1(COc2ccc(N3CCC(N4CCN(c5ccc(Cl)cc5)CC4)CC3)cc2)Cn2cc([N+](=O)[O-])nc2O1. The first-order chi connectivity index (χ1) is 18.8. The second-order valence-corrected chi connectivity index (χ2v) is 11.3. The molecule has 0 N–H and O–H groups in total. The first-order valence-corrected chi connectivity index (χ1v) is 13.9. The fraction of sp³-hybridized carbons (Fsp3) is 0.464. The summed E-state index contributed by atoms with van der Waals surface area (Å²) in [6.07, 6.45) is 3.74. The van der Waals surface area contributed by atoms with Crippen LogP contribution >= 0.6 is 11.6 Å². The molecule has 0 amide bonds. The van der Waals surface area contributed by atoms with E-state index in [0.29, 0.717) is 19.2 Å². The Bertz CT molecular complexity index is 1280. The van der Waals surface area contributed by atoms with E-state index >= 15 is 0 Å². The summed E-state index contributed by atoms with van der Waals surface area (Å²) in [7, 11) is 0. The molecule has 1 aromatic heterocycles. The Hall–Kier alpha value is -3.50. The fourth-order valence-corrected chi connectivity index (χ4v) is 5.96. The van der Waals surface area contributed by atoms with Gasteiger partial charge < -0.3 is 29.4 Å². The number of imidazole rings is 1. The zero-order valence-electron chi connectivity index (χ0n) is 22.0. The molecule has 2 aromatic carbocycles. The van der Waals surface area contributed by atoms with Crippen LogP contribution in [0.1, 0.15) is 19.8 Å². The van der Waals surface area contributed by atoms with Gasteiger partial charge in [0.2, 0.25) is 0 Å². The largest absolute Gasteiger partial charge is 0.489 e. The van der Waals surface area contributed by atoms with Gasteiger partial charge in [0.05, 0.1) is 6.54 Å². The van der Waals surface area contributed by atoms with E-state index in [1.54, 1.807) is 4.57 Å². The van der Waals surface area contributed by atoms with E-state index in [0.717, 1.165) is 50.0 Å². The number of piperidine rings is 1. The molecule has 4 heterocycles. The molecule has 1 atom stereocenters. The van der Waals surface area contributed by atoms with Crippen LogP contribution in [0.15, 0.2) is 54.7 Å². The van der Waals surface area contributed by atoms with Crippen molar-refractivity contribution in [3.8, 4) is 11.8 Å². The first-order valence-electron chi connectivity index (χ1n) is 13.5. The number of ether oxygens (including phenoxy) is 2. The highest BCUT2D eigenvalue weighted by Gasteiger charge is 2.41. The molecule has 10 nitrogen and oxygen atoms in total. The van der Waals surface area contributed by atoms with Crippen molar-refractivity contribution in [3.63, 3.8) is 0 Å². The molecule has 2 saturated heterocycles. The van der Waals surface area contributed by atoms with Gasteiger partial charge in [0.15, 0.2) is 5.60 Å². The highest BCUT2D eigenvalue weighted by Crippen LogP contribution is 2.32. The van der Waals surface area contributed by atoms with Crippen LogP contribution in [0.4, 0.5) is 17.2 Å². The van der Waals surface area contributed by atoms with E-state index < -0.39 is 10.5 Å². The lowest BCUT2D eigenvalue weighted by Crippen LogP contribution is -2.53. The molecule has 3 aromatic rings. The lowest BCUT2D eigenvalue weighted by molar-refractivity contribution is -0.389. The van der Waals surface area contributed by atoms with Crippen molar-refractivity contribution in [3.05, 3.63) is 69.9 Å². The van der Waals surface area contributed by atoms with Gasteiger partial charge in [-0.25, -0.2) is 0 Å². The average Bonchev–Trinajstić information content (AvgIpc) is 3.49. The van der Waals surface area contributed by atoms with E-state index in [-0.39, 0.29) is 11.8 Å². The minimum Gasteiger partial charge on any atom is -0.489 e. The van der Waals surface area contributed by atoms with E-state index in [9.17, 15) is 10.1 Å². The molecule has 3 aliphatic rings. The molecule has 3 aliphatic heterocycles. The number of anilines is 2. The zero-order valence-corrected chi connectivity index (χ0v) is 22.8. The van der Waals surface area contributed by atoms with Crippen molar-refractivity contribution < 1.29 is 14.4 Å². The topological polar surface area (TPSA) is 89.1 Å². The third kappa shape index (κ3) is 5.62. The predicted molar refractivity (Wildman–Crippen MR) is 150 cm³/mol. The Morgan fingerprint density at radius 3 is 2.23 bits per heavy atom. The molecule has 0 aliphatic carbocycles. The van der Waals surface area contributed by atoms with E-state index in [2.05, 4.69) is 43.9 Å². The van der Waals surface area contributed by atoms with Gasteiger partial charge in [-0.2, -0.15) is 0 Å². The van der Waals surface area contributed by atoms with E-state index in [4.69, 9.17) is 21.1 Å². The maximum absolute atomic E-state index is 10.9. The van der Waals surface area contributed by atoms with Crippen LogP contribution in [0, 0.1) is 10.1 Å². The van der Waals surface area contributed by atoms with Crippen LogP contribution in [-0.4, -0.2) is 76.9 Å². The lowest BCUT2D eigenvalue weighted by atomic mass is 10.0. The van der Waals surface area contributed by atoms with Crippen LogP contribution in [0.2, 0.25) is 5.02 Å². The lowest BCUT2D eigenvalue weighted by Gasteiger charge is -2.43. The highest BCUT2D eigenvalue weighted by molar-refractivity contribution is 6.30. The number of halogens is 1. The molecule has 1 unspecified atom stereocenters. The maximum Gasteiger partial charge on any atom is 0.415 e. The summed E-state index contributed by atoms with van der Waals surface area (Å²) < 4.78 is 13.5. The van der Waals surface area contributed by atoms with Crippen molar-refractivity contribution in [2.75, 3.05) is 55.7 Å². The summed E-state index contributed by atoms with van der Waals surface area (Å²) in [5.74, 6) is 0.567. The minimum absolute atomic E-state index is 0.204. The Labute approximate surface area is 232 Å². The van der Waals surface area contributed by atoms with Crippen LogP contribution in [-0.2, 0) is 6.54 Å². The molecular formula is C28H33ClN6O4. The molecular weight excluding hydrogens is 520 g/mol. The van der Waals surface area contributed by atoms with Gasteiger partial charge in [-0.1, -0.05) is 11.6 Å². The monoisotopic (exact) mass is 552 g/mol. The van der Waals surface area contributed by atoms with Crippen molar-refractivity contribution in [2.45, 2.75) is 38.0 Å². The van der Waals surface area contributed by atoms with Crippen LogP contribution in [0.5, 0.6) is 11.8 Å². The summed E-state index contributed by atoms with van der Waals surface area (Å²) in [4.78, 5) is 21.9. The summed E-state index contributed by atoms with van der Waals surface area (Å²) in [6.45, 7) is 9.08. The van der Waals surface area contributed by atoms with Gasteiger partial charge in [-0.15, -0.1) is 0 Å². The predicted octanol–water partition coefficient (Wildman–Crippen LogP) is 4.47. The molecule has 2 fully saturated rings. The number of nitro groups is 1. The standard InChI is InChI=1S/C28H33ClN6O4/c1-28(19-34-18-26(35(36)37)30-27(34)39-28)20-38-25-8-6-23(7-9-25)31-12-10-24(11-13-31)33-16-14-32(15-17-33)22-4-2-21(29)3-5-22/h2-9,18,24H,10-17,19-20H2,1H3. The summed E-state index contributed by atoms with van der Waals surface area (Å²) in [6, 6.07) is 17.3. The quantitative estimate of drug-likeness (QED) is 0.313. The van der Waals surface area contributed by atoms with Gasteiger partial charge in [0, 0.05) is 66.7 Å². The second kappa shape index (κ2) is 10.6. The van der Waals surface area contributed by atoms with Crippen molar-refractivity contribution in [1.29, 1.82) is 0 Å². The number of benzene rings is 2. The number of piperazine rings is 1. The van der Waals surface area contributed by atoms with E-state index in [1.165, 1.54) is 30.4 Å². The summed E-state index contributed by atoms with van der Waals surface area (Å²) >= 11 is 6.04. The fourth-order valence-electron chi connectivity index (χ4n) is 5.83. The van der Waals surface area contributed by atoms with Gasteiger partial charge in [-0.3, -0.25) is 9.47 Å².